The molecule has 4 nitrogen and oxygen atoms in total. The topological polar surface area (TPSA) is 57.6 Å². The van der Waals surface area contributed by atoms with Gasteiger partial charge >= 0.3 is 5.97 Å². The second-order valence-corrected chi connectivity index (χ2v) is 5.95. The molecule has 21 heavy (non-hydrogen) atoms. The molecule has 1 heterocycles. The molecule has 1 N–H and O–H groups in total. The normalized spacial score (nSPS) is 21.8. The van der Waals surface area contributed by atoms with Gasteiger partial charge in [-0.25, -0.2) is 4.39 Å². The molecule has 1 saturated heterocycles. The SMILES string of the molecule is CC(C)C1(C(=O)O)CCN(C(=O)Cc2ccccc2F)C1. The maximum absolute atomic E-state index is 13.6. The van der Waals surface area contributed by atoms with E-state index in [2.05, 4.69) is 0 Å². The number of carbonyl (C=O) groups is 2. The summed E-state index contributed by atoms with van der Waals surface area (Å²) in [6.45, 7) is 4.34. The Bertz CT molecular complexity index is 558. The summed E-state index contributed by atoms with van der Waals surface area (Å²) in [5.74, 6) is -1.54. The summed E-state index contributed by atoms with van der Waals surface area (Å²) in [5.41, 5.74) is -0.537. The van der Waals surface area contributed by atoms with E-state index in [0.717, 1.165) is 0 Å². The summed E-state index contributed by atoms with van der Waals surface area (Å²) in [4.78, 5) is 25.4. The third kappa shape index (κ3) is 2.91. The van der Waals surface area contributed by atoms with Gasteiger partial charge in [-0.05, 0) is 24.0 Å². The second kappa shape index (κ2) is 5.84. The van der Waals surface area contributed by atoms with E-state index in [-0.39, 0.29) is 24.8 Å². The van der Waals surface area contributed by atoms with Crippen molar-refractivity contribution >= 4 is 11.9 Å². The van der Waals surface area contributed by atoms with Gasteiger partial charge in [0.1, 0.15) is 5.82 Å². The number of hydrogen-bond donors (Lipinski definition) is 1. The number of aliphatic carboxylic acids is 1. The van der Waals surface area contributed by atoms with Crippen LogP contribution in [0.3, 0.4) is 0 Å². The highest BCUT2D eigenvalue weighted by Crippen LogP contribution is 2.38. The van der Waals surface area contributed by atoms with Crippen molar-refractivity contribution in [2.24, 2.45) is 11.3 Å². The van der Waals surface area contributed by atoms with Crippen LogP contribution in [0.25, 0.3) is 0 Å². The Labute approximate surface area is 123 Å². The smallest absolute Gasteiger partial charge is 0.311 e. The van der Waals surface area contributed by atoms with Crippen LogP contribution in [0.15, 0.2) is 24.3 Å². The van der Waals surface area contributed by atoms with Crippen molar-refractivity contribution in [2.75, 3.05) is 13.1 Å². The van der Waals surface area contributed by atoms with Crippen LogP contribution >= 0.6 is 0 Å². The van der Waals surface area contributed by atoms with Gasteiger partial charge in [-0.3, -0.25) is 9.59 Å². The highest BCUT2D eigenvalue weighted by Gasteiger charge is 2.48. The number of hydrogen-bond acceptors (Lipinski definition) is 2. The summed E-state index contributed by atoms with van der Waals surface area (Å²) in [6.07, 6.45) is 0.420. The molecule has 0 saturated carbocycles. The zero-order valence-corrected chi connectivity index (χ0v) is 12.3. The molecule has 1 aromatic rings. The average Bonchev–Trinajstić information content (AvgIpc) is 2.88. The average molecular weight is 293 g/mol. The zero-order chi connectivity index (χ0) is 15.6. The molecule has 1 aliphatic heterocycles. The number of benzene rings is 1. The van der Waals surface area contributed by atoms with Crippen molar-refractivity contribution in [3.8, 4) is 0 Å². The maximum Gasteiger partial charge on any atom is 0.311 e. The molecule has 1 atom stereocenters. The molecule has 1 aromatic carbocycles. The van der Waals surface area contributed by atoms with Crippen LogP contribution < -0.4 is 0 Å². The van der Waals surface area contributed by atoms with Crippen LogP contribution in [0.2, 0.25) is 0 Å². The predicted octanol–water partition coefficient (Wildman–Crippen LogP) is 2.33. The number of likely N-dealkylation sites (tertiary alicyclic amines) is 1. The number of rotatable bonds is 4. The van der Waals surface area contributed by atoms with Gasteiger partial charge in [-0.2, -0.15) is 0 Å². The third-order valence-electron chi connectivity index (χ3n) is 4.48. The summed E-state index contributed by atoms with van der Waals surface area (Å²) in [5, 5.41) is 9.47. The number of carboxylic acids is 1. The molecular formula is C16H20FNO3. The Hall–Kier alpha value is -1.91. The maximum atomic E-state index is 13.6. The fourth-order valence-electron chi connectivity index (χ4n) is 2.86. The molecule has 0 spiro atoms. The number of carbonyl (C=O) groups excluding carboxylic acids is 1. The lowest BCUT2D eigenvalue weighted by atomic mass is 9.76. The highest BCUT2D eigenvalue weighted by molar-refractivity contribution is 5.82. The van der Waals surface area contributed by atoms with E-state index in [1.54, 1.807) is 23.1 Å². The first-order valence-corrected chi connectivity index (χ1v) is 7.11. The standard InChI is InChI=1S/C16H20FNO3/c1-11(2)16(15(20)21)7-8-18(10-16)14(19)9-12-5-3-4-6-13(12)17/h3-6,11H,7-10H2,1-2H3,(H,20,21). The molecule has 0 aliphatic carbocycles. The molecule has 1 aliphatic rings. The van der Waals surface area contributed by atoms with Gasteiger partial charge in [-0.15, -0.1) is 0 Å². The van der Waals surface area contributed by atoms with Gasteiger partial charge in [-0.1, -0.05) is 32.0 Å². The number of nitrogens with zero attached hydrogens (tertiary/aromatic N) is 1. The first kappa shape index (κ1) is 15.5. The summed E-state index contributed by atoms with van der Waals surface area (Å²) >= 11 is 0. The van der Waals surface area contributed by atoms with Crippen molar-refractivity contribution < 1.29 is 19.1 Å². The van der Waals surface area contributed by atoms with E-state index >= 15 is 0 Å². The molecule has 0 radical (unpaired) electrons. The Balaban J connectivity index is 2.09. The molecular weight excluding hydrogens is 273 g/mol. The Morgan fingerprint density at radius 2 is 2.05 bits per heavy atom. The fourth-order valence-corrected chi connectivity index (χ4v) is 2.86. The monoisotopic (exact) mass is 293 g/mol. The van der Waals surface area contributed by atoms with Crippen LogP contribution in [0, 0.1) is 17.2 Å². The lowest BCUT2D eigenvalue weighted by Crippen LogP contribution is -2.41. The van der Waals surface area contributed by atoms with E-state index in [4.69, 9.17) is 0 Å². The number of halogens is 1. The first-order valence-electron chi connectivity index (χ1n) is 7.11. The second-order valence-electron chi connectivity index (χ2n) is 5.95. The van der Waals surface area contributed by atoms with Crippen LogP contribution in [0.4, 0.5) is 4.39 Å². The van der Waals surface area contributed by atoms with E-state index in [9.17, 15) is 19.1 Å². The van der Waals surface area contributed by atoms with E-state index in [1.165, 1.54) is 6.07 Å². The summed E-state index contributed by atoms with van der Waals surface area (Å²) in [6, 6.07) is 6.16. The van der Waals surface area contributed by atoms with Gasteiger partial charge < -0.3 is 10.0 Å². The fraction of sp³-hybridized carbons (Fsp3) is 0.500. The van der Waals surface area contributed by atoms with Crippen molar-refractivity contribution in [1.29, 1.82) is 0 Å². The predicted molar refractivity (Wildman–Crippen MR) is 76.2 cm³/mol. The minimum Gasteiger partial charge on any atom is -0.481 e. The first-order chi connectivity index (χ1) is 9.86. The zero-order valence-electron chi connectivity index (χ0n) is 12.3. The van der Waals surface area contributed by atoms with Crippen LogP contribution in [0.1, 0.15) is 25.8 Å². The van der Waals surface area contributed by atoms with Gasteiger partial charge in [0.2, 0.25) is 5.91 Å². The molecule has 0 bridgehead atoms. The lowest BCUT2D eigenvalue weighted by molar-refractivity contribution is -0.151. The Kier molecular flexibility index (Phi) is 4.30. The number of carboxylic acid groups (broad SMARTS) is 1. The molecule has 0 aromatic heterocycles. The summed E-state index contributed by atoms with van der Waals surface area (Å²) in [7, 11) is 0. The van der Waals surface area contributed by atoms with Crippen molar-refractivity contribution in [2.45, 2.75) is 26.7 Å². The highest BCUT2D eigenvalue weighted by atomic mass is 19.1. The lowest BCUT2D eigenvalue weighted by Gasteiger charge is -2.28. The van der Waals surface area contributed by atoms with Gasteiger partial charge in [0.15, 0.2) is 0 Å². The van der Waals surface area contributed by atoms with Crippen molar-refractivity contribution in [1.82, 2.24) is 4.90 Å². The molecule has 1 fully saturated rings. The molecule has 114 valence electrons. The molecule has 2 rings (SSSR count). The van der Waals surface area contributed by atoms with Crippen LogP contribution in [0.5, 0.6) is 0 Å². The summed E-state index contributed by atoms with van der Waals surface area (Å²) < 4.78 is 13.6. The van der Waals surface area contributed by atoms with Crippen LogP contribution in [-0.2, 0) is 16.0 Å². The largest absolute Gasteiger partial charge is 0.481 e. The Morgan fingerprint density at radius 1 is 1.38 bits per heavy atom. The minimum atomic E-state index is -0.884. The Morgan fingerprint density at radius 3 is 2.57 bits per heavy atom. The third-order valence-corrected chi connectivity index (χ3v) is 4.48. The van der Waals surface area contributed by atoms with Gasteiger partial charge in [0.25, 0.3) is 0 Å². The minimum absolute atomic E-state index is 0.0273. The quantitative estimate of drug-likeness (QED) is 0.927. The van der Waals surface area contributed by atoms with Gasteiger partial charge in [0, 0.05) is 13.1 Å². The van der Waals surface area contributed by atoms with Crippen molar-refractivity contribution in [3.63, 3.8) is 0 Å². The van der Waals surface area contributed by atoms with E-state index in [0.29, 0.717) is 18.5 Å². The van der Waals surface area contributed by atoms with E-state index in [1.807, 2.05) is 13.8 Å². The molecule has 1 unspecified atom stereocenters. The van der Waals surface area contributed by atoms with E-state index < -0.39 is 17.2 Å². The van der Waals surface area contributed by atoms with Crippen LogP contribution in [-0.4, -0.2) is 35.0 Å². The van der Waals surface area contributed by atoms with Gasteiger partial charge in [0.05, 0.1) is 11.8 Å². The van der Waals surface area contributed by atoms with Crippen molar-refractivity contribution in [3.05, 3.63) is 35.6 Å². The molecule has 1 amide bonds. The number of amides is 1. The molecule has 5 heteroatoms.